The maximum atomic E-state index is 11.2. The van der Waals surface area contributed by atoms with Crippen LogP contribution in [-0.4, -0.2) is 38.3 Å². The van der Waals surface area contributed by atoms with Crippen LogP contribution in [0.3, 0.4) is 0 Å². The van der Waals surface area contributed by atoms with Gasteiger partial charge in [0.2, 0.25) is 11.8 Å². The Labute approximate surface area is 89.6 Å². The van der Waals surface area contributed by atoms with Crippen LogP contribution in [0.2, 0.25) is 0 Å². The molecule has 1 aliphatic heterocycles. The molecule has 6 nitrogen and oxygen atoms in total. The molecule has 82 valence electrons. The number of carboxylic acids is 1. The van der Waals surface area contributed by atoms with Gasteiger partial charge in [-0.15, -0.1) is 0 Å². The molecule has 1 rings (SSSR count). The zero-order chi connectivity index (χ0) is 11.6. The largest absolute Gasteiger partial charge is 0.479 e. The van der Waals surface area contributed by atoms with Crippen molar-refractivity contribution in [1.82, 2.24) is 4.90 Å². The SMILES string of the molecule is CC(=O)S[C@@H](C(=O)O)N1C(=O)CCC1=O. The number of hydrogen-bond donors (Lipinski definition) is 1. The Kier molecular flexibility index (Phi) is 3.46. The quantitative estimate of drug-likeness (QED) is 0.678. The standard InChI is InChI=1S/C8H9NO5S/c1-4(10)15-7(8(13)14)9-5(11)2-3-6(9)12/h7H,2-3H2,1H3,(H,13,14)/t7-/m0/s1. The lowest BCUT2D eigenvalue weighted by Gasteiger charge is -2.20. The van der Waals surface area contributed by atoms with E-state index in [1.807, 2.05) is 0 Å². The highest BCUT2D eigenvalue weighted by molar-refractivity contribution is 8.14. The van der Waals surface area contributed by atoms with Crippen LogP contribution >= 0.6 is 11.8 Å². The zero-order valence-electron chi connectivity index (χ0n) is 7.93. The molecule has 1 fully saturated rings. The monoisotopic (exact) mass is 231 g/mol. The first kappa shape index (κ1) is 11.7. The Morgan fingerprint density at radius 3 is 2.13 bits per heavy atom. The molecule has 0 unspecified atom stereocenters. The lowest BCUT2D eigenvalue weighted by atomic mass is 10.4. The van der Waals surface area contributed by atoms with Crippen LogP contribution in [0.4, 0.5) is 0 Å². The molecule has 1 saturated heterocycles. The summed E-state index contributed by atoms with van der Waals surface area (Å²) in [4.78, 5) is 44.7. The smallest absolute Gasteiger partial charge is 0.337 e. The van der Waals surface area contributed by atoms with Gasteiger partial charge in [0.05, 0.1) is 0 Å². The Morgan fingerprint density at radius 1 is 1.33 bits per heavy atom. The van der Waals surface area contributed by atoms with E-state index in [2.05, 4.69) is 0 Å². The normalized spacial score (nSPS) is 18.1. The summed E-state index contributed by atoms with van der Waals surface area (Å²) in [6.45, 7) is 1.19. The molecular weight excluding hydrogens is 222 g/mol. The van der Waals surface area contributed by atoms with Crippen molar-refractivity contribution in [2.45, 2.75) is 25.1 Å². The number of nitrogens with zero attached hydrogens (tertiary/aromatic N) is 1. The number of amides is 2. The number of rotatable bonds is 3. The van der Waals surface area contributed by atoms with E-state index in [0.29, 0.717) is 16.7 Å². The fourth-order valence-electron chi connectivity index (χ4n) is 1.23. The summed E-state index contributed by atoms with van der Waals surface area (Å²) >= 11 is 0.458. The molecule has 0 aliphatic carbocycles. The summed E-state index contributed by atoms with van der Waals surface area (Å²) in [5, 5.41) is 6.92. The molecule has 0 spiro atoms. The summed E-state index contributed by atoms with van der Waals surface area (Å²) in [5.74, 6) is -2.44. The van der Waals surface area contributed by atoms with Gasteiger partial charge in [0.1, 0.15) is 0 Å². The molecule has 0 radical (unpaired) electrons. The molecule has 0 aromatic heterocycles. The number of aliphatic carboxylic acids is 1. The van der Waals surface area contributed by atoms with Crippen molar-refractivity contribution < 1.29 is 24.3 Å². The molecular formula is C8H9NO5S. The molecule has 0 aromatic carbocycles. The highest BCUT2D eigenvalue weighted by Crippen LogP contribution is 2.23. The minimum absolute atomic E-state index is 0.0150. The van der Waals surface area contributed by atoms with Gasteiger partial charge in [0.15, 0.2) is 10.5 Å². The van der Waals surface area contributed by atoms with Crippen molar-refractivity contribution in [3.05, 3.63) is 0 Å². The van der Waals surface area contributed by atoms with Crippen molar-refractivity contribution in [3.63, 3.8) is 0 Å². The predicted molar refractivity (Wildman–Crippen MR) is 50.8 cm³/mol. The molecule has 1 aliphatic rings. The van der Waals surface area contributed by atoms with Crippen LogP contribution in [0.15, 0.2) is 0 Å². The topological polar surface area (TPSA) is 91.8 Å². The summed E-state index contributed by atoms with van der Waals surface area (Å²) in [7, 11) is 0. The van der Waals surface area contributed by atoms with Gasteiger partial charge in [-0.05, 0) is 0 Å². The number of carbonyl (C=O) groups excluding carboxylic acids is 3. The van der Waals surface area contributed by atoms with E-state index in [9.17, 15) is 19.2 Å². The Hall–Kier alpha value is -1.37. The lowest BCUT2D eigenvalue weighted by Crippen LogP contribution is -2.42. The van der Waals surface area contributed by atoms with E-state index < -0.39 is 28.3 Å². The molecule has 1 heterocycles. The Balaban J connectivity index is 2.88. The van der Waals surface area contributed by atoms with Crippen molar-refractivity contribution in [1.29, 1.82) is 0 Å². The highest BCUT2D eigenvalue weighted by atomic mass is 32.2. The summed E-state index contributed by atoms with van der Waals surface area (Å²) in [6.07, 6.45) is 0.0299. The van der Waals surface area contributed by atoms with E-state index >= 15 is 0 Å². The van der Waals surface area contributed by atoms with E-state index in [4.69, 9.17) is 5.11 Å². The third kappa shape index (κ3) is 2.56. The first-order valence-corrected chi connectivity index (χ1v) is 5.06. The number of carbonyl (C=O) groups is 4. The predicted octanol–water partition coefficient (Wildman–Crippen LogP) is -0.174. The van der Waals surface area contributed by atoms with Crippen LogP contribution in [0.5, 0.6) is 0 Å². The zero-order valence-corrected chi connectivity index (χ0v) is 8.74. The van der Waals surface area contributed by atoms with Gasteiger partial charge in [0.25, 0.3) is 0 Å². The third-order valence-electron chi connectivity index (χ3n) is 1.81. The fraction of sp³-hybridized carbons (Fsp3) is 0.500. The van der Waals surface area contributed by atoms with Crippen LogP contribution in [0.25, 0.3) is 0 Å². The molecule has 2 amide bonds. The maximum absolute atomic E-state index is 11.2. The average molecular weight is 231 g/mol. The second-order valence-electron chi connectivity index (χ2n) is 2.96. The van der Waals surface area contributed by atoms with Gasteiger partial charge in [-0.25, -0.2) is 4.79 Å². The van der Waals surface area contributed by atoms with Crippen LogP contribution in [-0.2, 0) is 19.2 Å². The lowest BCUT2D eigenvalue weighted by molar-refractivity contribution is -0.150. The highest BCUT2D eigenvalue weighted by Gasteiger charge is 2.39. The van der Waals surface area contributed by atoms with Crippen LogP contribution < -0.4 is 0 Å². The molecule has 0 bridgehead atoms. The molecule has 1 atom stereocenters. The minimum Gasteiger partial charge on any atom is -0.479 e. The minimum atomic E-state index is -1.43. The van der Waals surface area contributed by atoms with Gasteiger partial charge >= 0.3 is 5.97 Å². The molecule has 0 aromatic rings. The summed E-state index contributed by atoms with van der Waals surface area (Å²) in [5.41, 5.74) is 0. The molecule has 0 saturated carbocycles. The van der Waals surface area contributed by atoms with Crippen molar-refractivity contribution in [2.75, 3.05) is 0 Å². The van der Waals surface area contributed by atoms with Gasteiger partial charge in [-0.1, -0.05) is 11.8 Å². The maximum Gasteiger partial charge on any atom is 0.337 e. The van der Waals surface area contributed by atoms with E-state index in [-0.39, 0.29) is 12.8 Å². The van der Waals surface area contributed by atoms with Crippen molar-refractivity contribution in [3.8, 4) is 0 Å². The van der Waals surface area contributed by atoms with Crippen molar-refractivity contribution in [2.24, 2.45) is 0 Å². The number of thioether (sulfide) groups is 1. The van der Waals surface area contributed by atoms with Gasteiger partial charge in [-0.3, -0.25) is 19.3 Å². The van der Waals surface area contributed by atoms with E-state index in [0.717, 1.165) is 0 Å². The summed E-state index contributed by atoms with van der Waals surface area (Å²) in [6, 6.07) is 0. The first-order chi connectivity index (χ1) is 6.93. The molecule has 15 heavy (non-hydrogen) atoms. The first-order valence-electron chi connectivity index (χ1n) is 4.18. The number of likely N-dealkylation sites (tertiary alicyclic amines) is 1. The number of carboxylic acid groups (broad SMARTS) is 1. The second-order valence-corrected chi connectivity index (χ2v) is 4.21. The molecule has 1 N–H and O–H groups in total. The number of imide groups is 1. The van der Waals surface area contributed by atoms with Crippen LogP contribution in [0.1, 0.15) is 19.8 Å². The van der Waals surface area contributed by atoms with Crippen molar-refractivity contribution >= 4 is 34.7 Å². The second kappa shape index (κ2) is 4.43. The number of hydrogen-bond acceptors (Lipinski definition) is 5. The fourth-order valence-corrected chi connectivity index (χ4v) is 1.98. The van der Waals surface area contributed by atoms with E-state index in [1.165, 1.54) is 6.92 Å². The third-order valence-corrected chi connectivity index (χ3v) is 2.78. The van der Waals surface area contributed by atoms with Crippen LogP contribution in [0, 0.1) is 0 Å². The van der Waals surface area contributed by atoms with Gasteiger partial charge in [0, 0.05) is 19.8 Å². The molecule has 7 heteroatoms. The van der Waals surface area contributed by atoms with E-state index in [1.54, 1.807) is 0 Å². The summed E-state index contributed by atoms with van der Waals surface area (Å²) < 4.78 is 0. The Bertz CT molecular complexity index is 324. The van der Waals surface area contributed by atoms with Gasteiger partial charge in [-0.2, -0.15) is 0 Å². The average Bonchev–Trinajstić information content (AvgIpc) is 2.42. The Morgan fingerprint density at radius 2 is 1.80 bits per heavy atom. The van der Waals surface area contributed by atoms with Gasteiger partial charge < -0.3 is 5.11 Å².